The number of aryl methyl sites for hydroxylation is 2. The summed E-state index contributed by atoms with van der Waals surface area (Å²) in [6.45, 7) is 2.07. The molecule has 0 radical (unpaired) electrons. The highest BCUT2D eigenvalue weighted by Gasteiger charge is 2.07. The molecule has 0 atom stereocenters. The number of nitrogens with one attached hydrogen (secondary N) is 1. The number of imidazole rings is 1. The Hall–Kier alpha value is -1.81. The molecule has 0 spiro atoms. The molecule has 4 heteroatoms. The number of hydrogen-bond donors (Lipinski definition) is 1. The first-order valence-corrected chi connectivity index (χ1v) is 6.89. The van der Waals surface area contributed by atoms with Crippen LogP contribution in [0.5, 0.6) is 0 Å². The van der Waals surface area contributed by atoms with Crippen molar-refractivity contribution < 1.29 is 0 Å². The van der Waals surface area contributed by atoms with Crippen LogP contribution in [0.15, 0.2) is 46.9 Å². The van der Waals surface area contributed by atoms with E-state index < -0.39 is 0 Å². The normalized spacial score (nSPS) is 10.9. The van der Waals surface area contributed by atoms with Gasteiger partial charge in [-0.3, -0.25) is 0 Å². The lowest BCUT2D eigenvalue weighted by Gasteiger charge is -2.07. The third kappa shape index (κ3) is 2.24. The van der Waals surface area contributed by atoms with Crippen LogP contribution in [0.25, 0.3) is 11.0 Å². The average Bonchev–Trinajstić information content (AvgIpc) is 2.72. The highest BCUT2D eigenvalue weighted by molar-refractivity contribution is 9.10. The Bertz CT molecular complexity index is 746. The van der Waals surface area contributed by atoms with Crippen LogP contribution in [-0.2, 0) is 7.05 Å². The van der Waals surface area contributed by atoms with E-state index in [9.17, 15) is 0 Å². The van der Waals surface area contributed by atoms with Crippen molar-refractivity contribution in [1.29, 1.82) is 0 Å². The average molecular weight is 316 g/mol. The van der Waals surface area contributed by atoms with Crippen LogP contribution < -0.4 is 5.32 Å². The molecule has 3 nitrogen and oxygen atoms in total. The maximum Gasteiger partial charge on any atom is 0.208 e. The van der Waals surface area contributed by atoms with Gasteiger partial charge in [0.2, 0.25) is 5.95 Å². The van der Waals surface area contributed by atoms with Gasteiger partial charge in [-0.1, -0.05) is 28.1 Å². The molecule has 1 N–H and O–H groups in total. The van der Waals surface area contributed by atoms with Crippen molar-refractivity contribution in [3.05, 3.63) is 52.5 Å². The summed E-state index contributed by atoms with van der Waals surface area (Å²) < 4.78 is 3.18. The van der Waals surface area contributed by atoms with Gasteiger partial charge in [-0.25, -0.2) is 4.98 Å². The fourth-order valence-electron chi connectivity index (χ4n) is 2.11. The Morgan fingerprint density at radius 3 is 2.68 bits per heavy atom. The number of aromatic nitrogens is 2. The maximum absolute atomic E-state index is 4.60. The summed E-state index contributed by atoms with van der Waals surface area (Å²) in [5, 5.41) is 3.36. The number of halogens is 1. The van der Waals surface area contributed by atoms with Gasteiger partial charge in [0.05, 0.1) is 11.0 Å². The lowest BCUT2D eigenvalue weighted by atomic mass is 10.2. The molecule has 3 aromatic rings. The zero-order valence-electron chi connectivity index (χ0n) is 10.8. The van der Waals surface area contributed by atoms with Crippen molar-refractivity contribution in [1.82, 2.24) is 9.55 Å². The molecule has 0 bridgehead atoms. The van der Waals surface area contributed by atoms with E-state index in [0.717, 1.165) is 27.1 Å². The predicted octanol–water partition coefficient (Wildman–Crippen LogP) is 4.39. The van der Waals surface area contributed by atoms with Crippen molar-refractivity contribution in [2.45, 2.75) is 6.92 Å². The molecule has 1 heterocycles. The number of benzene rings is 2. The Kier molecular flexibility index (Phi) is 3.03. The number of rotatable bonds is 2. The molecule has 2 aromatic carbocycles. The predicted molar refractivity (Wildman–Crippen MR) is 82.9 cm³/mol. The van der Waals surface area contributed by atoms with Gasteiger partial charge in [0.15, 0.2) is 0 Å². The van der Waals surface area contributed by atoms with E-state index in [4.69, 9.17) is 0 Å². The van der Waals surface area contributed by atoms with Gasteiger partial charge in [0, 0.05) is 17.2 Å². The molecule has 3 rings (SSSR count). The van der Waals surface area contributed by atoms with Crippen LogP contribution in [0.4, 0.5) is 11.6 Å². The molecular weight excluding hydrogens is 302 g/mol. The zero-order valence-corrected chi connectivity index (χ0v) is 12.4. The Morgan fingerprint density at radius 1 is 1.16 bits per heavy atom. The fourth-order valence-corrected chi connectivity index (χ4v) is 2.36. The minimum atomic E-state index is 0.850. The van der Waals surface area contributed by atoms with Crippen molar-refractivity contribution in [2.24, 2.45) is 7.05 Å². The number of para-hydroxylation sites is 2. The van der Waals surface area contributed by atoms with Gasteiger partial charge in [-0.05, 0) is 42.8 Å². The molecule has 19 heavy (non-hydrogen) atoms. The van der Waals surface area contributed by atoms with Crippen LogP contribution in [0.2, 0.25) is 0 Å². The zero-order chi connectivity index (χ0) is 13.4. The highest BCUT2D eigenvalue weighted by Crippen LogP contribution is 2.24. The SMILES string of the molecule is Cc1cc(Nc2nc3ccccc3n2C)ccc1Br. The maximum atomic E-state index is 4.60. The summed E-state index contributed by atoms with van der Waals surface area (Å²) in [4.78, 5) is 4.60. The standard InChI is InChI=1S/C15H14BrN3/c1-10-9-11(7-8-12(10)16)17-15-18-13-5-3-4-6-14(13)19(15)2/h3-9H,1-2H3,(H,17,18). The van der Waals surface area contributed by atoms with Crippen LogP contribution in [0, 0.1) is 6.92 Å². The molecule has 0 amide bonds. The van der Waals surface area contributed by atoms with Gasteiger partial charge < -0.3 is 9.88 Å². The van der Waals surface area contributed by atoms with Crippen molar-refractivity contribution in [2.75, 3.05) is 5.32 Å². The quantitative estimate of drug-likeness (QED) is 0.760. The van der Waals surface area contributed by atoms with E-state index in [1.54, 1.807) is 0 Å². The van der Waals surface area contributed by atoms with Gasteiger partial charge >= 0.3 is 0 Å². The van der Waals surface area contributed by atoms with E-state index >= 15 is 0 Å². The summed E-state index contributed by atoms with van der Waals surface area (Å²) in [7, 11) is 2.02. The first kappa shape index (κ1) is 12.2. The van der Waals surface area contributed by atoms with Crippen molar-refractivity contribution in [3.8, 4) is 0 Å². The third-order valence-corrected chi connectivity index (χ3v) is 4.09. The van der Waals surface area contributed by atoms with Crippen molar-refractivity contribution >= 4 is 38.6 Å². The van der Waals surface area contributed by atoms with Crippen LogP contribution >= 0.6 is 15.9 Å². The Morgan fingerprint density at radius 2 is 1.95 bits per heavy atom. The molecule has 0 unspecified atom stereocenters. The summed E-state index contributed by atoms with van der Waals surface area (Å²) in [5.74, 6) is 0.850. The number of nitrogens with zero attached hydrogens (tertiary/aromatic N) is 2. The van der Waals surface area contributed by atoms with Crippen LogP contribution in [-0.4, -0.2) is 9.55 Å². The molecule has 96 valence electrons. The lowest BCUT2D eigenvalue weighted by Crippen LogP contribution is -1.99. The van der Waals surface area contributed by atoms with E-state index in [1.807, 2.05) is 37.4 Å². The fraction of sp³-hybridized carbons (Fsp3) is 0.133. The molecular formula is C15H14BrN3. The van der Waals surface area contributed by atoms with E-state index in [-0.39, 0.29) is 0 Å². The number of hydrogen-bond acceptors (Lipinski definition) is 2. The molecule has 0 saturated heterocycles. The number of anilines is 2. The summed E-state index contributed by atoms with van der Waals surface area (Å²) >= 11 is 3.51. The monoisotopic (exact) mass is 315 g/mol. The second-order valence-electron chi connectivity index (χ2n) is 4.57. The summed E-state index contributed by atoms with van der Waals surface area (Å²) in [5.41, 5.74) is 4.36. The molecule has 1 aromatic heterocycles. The largest absolute Gasteiger partial charge is 0.326 e. The van der Waals surface area contributed by atoms with Gasteiger partial charge in [-0.2, -0.15) is 0 Å². The second kappa shape index (κ2) is 4.70. The molecule has 0 saturated carbocycles. The first-order chi connectivity index (χ1) is 9.15. The minimum absolute atomic E-state index is 0.850. The first-order valence-electron chi connectivity index (χ1n) is 6.10. The Balaban J connectivity index is 2.01. The van der Waals surface area contributed by atoms with Crippen molar-refractivity contribution in [3.63, 3.8) is 0 Å². The summed E-state index contributed by atoms with van der Waals surface area (Å²) in [6.07, 6.45) is 0. The topological polar surface area (TPSA) is 29.9 Å². The Labute approximate surface area is 120 Å². The minimum Gasteiger partial charge on any atom is -0.326 e. The highest BCUT2D eigenvalue weighted by atomic mass is 79.9. The van der Waals surface area contributed by atoms with Crippen LogP contribution in [0.1, 0.15) is 5.56 Å². The van der Waals surface area contributed by atoms with Gasteiger partial charge in [0.25, 0.3) is 0 Å². The second-order valence-corrected chi connectivity index (χ2v) is 5.43. The van der Waals surface area contributed by atoms with E-state index in [2.05, 4.69) is 49.9 Å². The summed E-state index contributed by atoms with van der Waals surface area (Å²) in [6, 6.07) is 14.3. The smallest absolute Gasteiger partial charge is 0.208 e. The van der Waals surface area contributed by atoms with Crippen LogP contribution in [0.3, 0.4) is 0 Å². The van der Waals surface area contributed by atoms with E-state index in [0.29, 0.717) is 0 Å². The molecule has 0 fully saturated rings. The molecule has 0 aliphatic rings. The van der Waals surface area contributed by atoms with Gasteiger partial charge in [0.1, 0.15) is 0 Å². The van der Waals surface area contributed by atoms with Gasteiger partial charge in [-0.15, -0.1) is 0 Å². The lowest BCUT2D eigenvalue weighted by molar-refractivity contribution is 0.958. The number of fused-ring (bicyclic) bond motifs is 1. The third-order valence-electron chi connectivity index (χ3n) is 3.20. The molecule has 0 aliphatic heterocycles. The van der Waals surface area contributed by atoms with E-state index in [1.165, 1.54) is 5.56 Å². The molecule has 0 aliphatic carbocycles.